The molecule has 0 fully saturated rings. The van der Waals surface area contributed by atoms with Gasteiger partial charge in [0.05, 0.1) is 0 Å². The summed E-state index contributed by atoms with van der Waals surface area (Å²) in [5.74, 6) is 0. The lowest BCUT2D eigenvalue weighted by Crippen LogP contribution is -2.77. The van der Waals surface area contributed by atoms with Gasteiger partial charge >= 0.3 is 0 Å². The molecule has 0 bridgehead atoms. The highest BCUT2D eigenvalue weighted by atomic mass is 28.3. The van der Waals surface area contributed by atoms with Crippen molar-refractivity contribution in [3.63, 3.8) is 0 Å². The summed E-state index contributed by atoms with van der Waals surface area (Å²) < 4.78 is 0. The van der Waals surface area contributed by atoms with Crippen LogP contribution in [0.2, 0.25) is 51.4 Å². The molecule has 656 valence electrons. The number of anilines is 10. The van der Waals surface area contributed by atoms with Crippen LogP contribution < -0.4 is 86.7 Å². The van der Waals surface area contributed by atoms with Crippen LogP contribution in [0.5, 0.6) is 0 Å². The molecule has 0 spiro atoms. The van der Waals surface area contributed by atoms with E-state index in [-0.39, 0.29) is 5.41 Å². The van der Waals surface area contributed by atoms with Gasteiger partial charge in [0.25, 0.3) is 0 Å². The summed E-state index contributed by atoms with van der Waals surface area (Å²) in [6.07, 6.45) is 0. The Bertz CT molecular complexity index is 7930. The fourth-order valence-electron chi connectivity index (χ4n) is 24.6. The van der Waals surface area contributed by atoms with Crippen LogP contribution in [0.1, 0.15) is 38.8 Å². The Morgan fingerprint density at radius 3 is 1.04 bits per heavy atom. The zero-order valence-electron chi connectivity index (χ0n) is 79.8. The van der Waals surface area contributed by atoms with Crippen molar-refractivity contribution in [2.45, 2.75) is 84.5 Å². The molecule has 1 aliphatic carbocycles. The predicted molar refractivity (Wildman–Crippen MR) is 598 cm³/mol. The molecule has 5 nitrogen and oxygen atoms in total. The summed E-state index contributed by atoms with van der Waals surface area (Å²) in [6.45, 7) is 24.6. The van der Waals surface area contributed by atoms with Crippen molar-refractivity contribution < 1.29 is 0 Å². The van der Waals surface area contributed by atoms with Gasteiger partial charge in [0.15, 0.2) is 8.07 Å². The molecule has 0 saturated heterocycles. The van der Waals surface area contributed by atoms with E-state index in [1.807, 2.05) is 0 Å². The second kappa shape index (κ2) is 32.9. The number of para-hydroxylation sites is 2. The lowest BCUT2D eigenvalue weighted by Gasteiger charge is -2.44. The first-order chi connectivity index (χ1) is 65.0. The molecule has 0 atom stereocenters. The molecule has 10 heteroatoms. The highest BCUT2D eigenvalue weighted by Crippen LogP contribution is 2.51. The van der Waals surface area contributed by atoms with Gasteiger partial charge in [0.1, 0.15) is 32.3 Å². The Morgan fingerprint density at radius 1 is 0.224 bits per heavy atom. The summed E-state index contributed by atoms with van der Waals surface area (Å²) in [5.41, 5.74) is 19.7. The third-order valence-corrected chi connectivity index (χ3v) is 52.4. The smallest absolute Gasteiger partial charge is 0.184 e. The molecule has 0 aromatic heterocycles. The van der Waals surface area contributed by atoms with Crippen LogP contribution in [0, 0.1) is 0 Å². The molecule has 20 aromatic rings. The number of rotatable bonds is 4. The van der Waals surface area contributed by atoms with Crippen molar-refractivity contribution in [1.29, 1.82) is 0 Å². The zero-order chi connectivity index (χ0) is 92.1. The first-order valence-electron chi connectivity index (χ1n) is 47.9. The Labute approximate surface area is 795 Å². The minimum Gasteiger partial charge on any atom is -0.345 e. The van der Waals surface area contributed by atoms with Crippen LogP contribution in [-0.2, 0) is 5.41 Å². The number of hydrogen-bond acceptors (Lipinski definition) is 5. The second-order valence-electron chi connectivity index (χ2n) is 39.9. The van der Waals surface area contributed by atoms with E-state index in [1.165, 1.54) is 203 Å². The van der Waals surface area contributed by atoms with Gasteiger partial charge in [0.2, 0.25) is 0 Å². The number of benzene rings is 20. The van der Waals surface area contributed by atoms with E-state index in [0.29, 0.717) is 0 Å². The van der Waals surface area contributed by atoms with E-state index in [2.05, 4.69) is 527 Å². The van der Waals surface area contributed by atoms with Crippen LogP contribution in [0.3, 0.4) is 0 Å². The van der Waals surface area contributed by atoms with Gasteiger partial charge in [-0.2, -0.15) is 0 Å². The van der Waals surface area contributed by atoms with Gasteiger partial charge < -0.3 is 24.5 Å². The minimum absolute atomic E-state index is 0.0503. The van der Waals surface area contributed by atoms with Crippen LogP contribution >= 0.6 is 0 Å². The first kappa shape index (κ1) is 85.8. The number of nitrogens with zero attached hydrogens (tertiary/aromatic N) is 5. The summed E-state index contributed by atoms with van der Waals surface area (Å²) >= 11 is 0. The zero-order valence-corrected chi connectivity index (χ0v) is 84.8. The maximum Gasteiger partial charge on any atom is 0.184 e. The SMILES string of the molecule is CC[Si]1(CC)c2cc3ccccc3cc2N(C)c2ccc3ccccc3c21.CN1c2cc3ccccc3cc2[Si](C)(C)c2cc3ccccc3cc21.CN1c2cc3ccccc3cc2[Si](C)(C)c2ccc3ccccc3c21.CN1c2ccccc2[Si](C)(C)c2c1ccc1c2C(C)(C)c2ccccc2-1.CN1c2ccccc2[Si](c2ccccc2)(c2ccccc2)c2c1ccc1ccccc21. The highest BCUT2D eigenvalue weighted by Gasteiger charge is 2.51. The molecule has 5 aliphatic heterocycles. The highest BCUT2D eigenvalue weighted by molar-refractivity contribution is 7.22. The van der Waals surface area contributed by atoms with Crippen molar-refractivity contribution >= 4 is 235 Å². The molecule has 0 radical (unpaired) electrons. The molecule has 6 aliphatic rings. The van der Waals surface area contributed by atoms with Crippen LogP contribution in [0.15, 0.2) is 400 Å². The Balaban J connectivity index is 0.0000000977. The third-order valence-electron chi connectivity index (χ3n) is 31.7. The Morgan fingerprint density at radius 2 is 0.552 bits per heavy atom. The van der Waals surface area contributed by atoms with Crippen molar-refractivity contribution in [1.82, 2.24) is 0 Å². The normalized spacial score (nSPS) is 15.5. The standard InChI is InChI=1S/C29H23NSi.C25H25NSi.C24H25NSi.2C23H21NSi/c1-30-26-18-10-11-19-28(26)31(23-13-4-2-5-14-23,24-15-6-3-7-16-24)29-25-17-9-8-12-22(25)20-21-27(29)30;1-4-27(5-2)24-17-20-12-7-6-11-19(20)16-23(24)26(3)22-15-14-18-10-8-9-13-21(18)25(22)27;1-24(2)18-11-7-6-10-16(18)17-14-15-20-23(22(17)24)26(4,5)21-13-9-8-12-19(21)25(20)3;1-24-20-12-16-8-4-6-10-18(16)14-22(20)25(2,3)23-15-19-11-7-5-9-17(19)13-21(23)24;1-24-20-14-17-9-4-5-10-18(17)15-22(20)25(2,3)21-13-12-16-8-6-7-11-19(16)23(21)24/h2-21H,1H3;6-17H,4-5H2,1-3H3;6-15H,1-5H3;2*4-15H,1-3H3. The van der Waals surface area contributed by atoms with Gasteiger partial charge in [-0.15, -0.1) is 0 Å². The molecule has 0 saturated carbocycles. The van der Waals surface area contributed by atoms with Crippen molar-refractivity contribution in [3.05, 3.63) is 412 Å². The average Bonchev–Trinajstić information content (AvgIpc) is 0.832. The first-order valence-corrected chi connectivity index (χ1v) is 61.4. The maximum atomic E-state index is 2.52. The lowest BCUT2D eigenvalue weighted by atomic mass is 9.82. The van der Waals surface area contributed by atoms with Crippen molar-refractivity contribution in [2.24, 2.45) is 0 Å². The molecular weight excluding hydrogens is 1700 g/mol. The molecule has 0 N–H and O–H groups in total. The lowest BCUT2D eigenvalue weighted by molar-refractivity contribution is 0.664. The van der Waals surface area contributed by atoms with Crippen molar-refractivity contribution in [3.8, 4) is 11.1 Å². The van der Waals surface area contributed by atoms with E-state index in [9.17, 15) is 0 Å². The fraction of sp³-hybridized carbons (Fsp3) is 0.145. The van der Waals surface area contributed by atoms with Gasteiger partial charge in [-0.05, 0) is 209 Å². The van der Waals surface area contributed by atoms with Crippen LogP contribution in [0.25, 0.3) is 86.5 Å². The quantitative estimate of drug-likeness (QED) is 0.163. The van der Waals surface area contributed by atoms with E-state index in [4.69, 9.17) is 0 Å². The van der Waals surface area contributed by atoms with Crippen LogP contribution in [-0.4, -0.2) is 75.6 Å². The summed E-state index contributed by atoms with van der Waals surface area (Å²) in [6, 6.07) is 151. The average molecular weight is 1820 g/mol. The molecule has 0 unspecified atom stereocenters. The molecule has 20 aromatic carbocycles. The fourth-order valence-corrected chi connectivity index (χ4v) is 44.7. The predicted octanol–water partition coefficient (Wildman–Crippen LogP) is 24.7. The molecule has 5 heterocycles. The van der Waals surface area contributed by atoms with Gasteiger partial charge in [0, 0.05) is 103 Å². The topological polar surface area (TPSA) is 16.2 Å². The Hall–Kier alpha value is -13.7. The summed E-state index contributed by atoms with van der Waals surface area (Å²) in [7, 11) is 1.45. The second-order valence-corrected chi connectivity index (χ2v) is 61.2. The number of fused-ring (bicyclic) bond motifs is 24. The monoisotopic (exact) mass is 1810 g/mol. The summed E-state index contributed by atoms with van der Waals surface area (Å²) in [5, 5.41) is 37.3. The molecular formula is C124H115N5Si5. The Kier molecular flexibility index (Phi) is 21.1. The van der Waals surface area contributed by atoms with E-state index in [0.717, 1.165) is 0 Å². The molecule has 26 rings (SSSR count). The van der Waals surface area contributed by atoms with Gasteiger partial charge in [-0.25, -0.2) is 0 Å². The van der Waals surface area contributed by atoms with Crippen LogP contribution in [0.4, 0.5) is 56.9 Å². The maximum absolute atomic E-state index is 2.52. The van der Waals surface area contributed by atoms with Crippen molar-refractivity contribution in [2.75, 3.05) is 59.7 Å². The molecule has 134 heavy (non-hydrogen) atoms. The minimum atomic E-state index is -2.52. The summed E-state index contributed by atoms with van der Waals surface area (Å²) in [4.78, 5) is 12.0. The van der Waals surface area contributed by atoms with E-state index >= 15 is 0 Å². The molecule has 0 amide bonds. The largest absolute Gasteiger partial charge is 0.345 e. The van der Waals surface area contributed by atoms with E-state index in [1.54, 1.807) is 26.3 Å². The number of hydrogen-bond donors (Lipinski definition) is 0. The van der Waals surface area contributed by atoms with Gasteiger partial charge in [-0.1, -0.05) is 425 Å². The third kappa shape index (κ3) is 13.3. The van der Waals surface area contributed by atoms with Gasteiger partial charge in [-0.3, -0.25) is 0 Å². The van der Waals surface area contributed by atoms with E-state index < -0.39 is 40.4 Å².